The molecule has 2 aromatic carbocycles. The van der Waals surface area contributed by atoms with Crippen LogP contribution >= 0.6 is 0 Å². The van der Waals surface area contributed by atoms with Gasteiger partial charge in [-0.3, -0.25) is 14.4 Å². The van der Waals surface area contributed by atoms with Crippen LogP contribution in [0.1, 0.15) is 66.9 Å². The van der Waals surface area contributed by atoms with Crippen LogP contribution < -0.4 is 16.4 Å². The minimum Gasteiger partial charge on any atom is -0.398 e. The van der Waals surface area contributed by atoms with Crippen LogP contribution in [0.25, 0.3) is 0 Å². The van der Waals surface area contributed by atoms with Gasteiger partial charge < -0.3 is 16.4 Å². The van der Waals surface area contributed by atoms with Gasteiger partial charge in [-0.25, -0.2) is 0 Å². The molecule has 4 bridgehead atoms. The van der Waals surface area contributed by atoms with Gasteiger partial charge in [-0.2, -0.15) is 0 Å². The van der Waals surface area contributed by atoms with Crippen LogP contribution in [-0.4, -0.2) is 23.1 Å². The third-order valence-electron chi connectivity index (χ3n) is 8.12. The van der Waals surface area contributed by atoms with E-state index in [1.165, 1.54) is 6.42 Å². The lowest BCUT2D eigenvalue weighted by Gasteiger charge is -2.61. The maximum atomic E-state index is 13.4. The molecule has 2 aromatic rings. The molecule has 0 heterocycles. The molecule has 34 heavy (non-hydrogen) atoms. The lowest BCUT2D eigenvalue weighted by Crippen LogP contribution is -2.65. The fourth-order valence-electron chi connectivity index (χ4n) is 7.20. The number of anilines is 1. The number of benzene rings is 2. The zero-order valence-corrected chi connectivity index (χ0v) is 19.7. The van der Waals surface area contributed by atoms with Gasteiger partial charge >= 0.3 is 0 Å². The van der Waals surface area contributed by atoms with E-state index >= 15 is 0 Å². The average molecular weight is 460 g/mol. The number of hydrogen-bond acceptors (Lipinski definition) is 4. The second-order valence-corrected chi connectivity index (χ2v) is 10.9. The van der Waals surface area contributed by atoms with Crippen molar-refractivity contribution in [2.75, 3.05) is 5.73 Å². The van der Waals surface area contributed by atoms with Gasteiger partial charge in [0.25, 0.3) is 0 Å². The van der Waals surface area contributed by atoms with E-state index in [4.69, 9.17) is 5.73 Å². The molecule has 0 spiro atoms. The van der Waals surface area contributed by atoms with E-state index in [1.54, 1.807) is 13.0 Å². The molecule has 2 unspecified atom stereocenters. The number of carbonyl (C=O) groups excluding carboxylic acids is 3. The lowest BCUT2D eigenvalue weighted by molar-refractivity contribution is -0.153. The van der Waals surface area contributed by atoms with Gasteiger partial charge in [-0.05, 0) is 67.6 Å². The van der Waals surface area contributed by atoms with E-state index in [0.717, 1.165) is 43.2 Å². The summed E-state index contributed by atoms with van der Waals surface area (Å²) in [6.45, 7) is 2.01. The Hall–Kier alpha value is -3.15. The van der Waals surface area contributed by atoms with E-state index in [-0.39, 0.29) is 35.0 Å². The van der Waals surface area contributed by atoms with Gasteiger partial charge in [0, 0.05) is 36.7 Å². The van der Waals surface area contributed by atoms with Crippen molar-refractivity contribution in [2.24, 2.45) is 17.3 Å². The van der Waals surface area contributed by atoms with Crippen molar-refractivity contribution in [1.29, 1.82) is 0 Å². The molecule has 4 N–H and O–H groups in total. The Morgan fingerprint density at radius 3 is 2.29 bits per heavy atom. The summed E-state index contributed by atoms with van der Waals surface area (Å²) in [6.07, 6.45) is 6.04. The summed E-state index contributed by atoms with van der Waals surface area (Å²) in [7, 11) is 0. The molecule has 0 aromatic heterocycles. The summed E-state index contributed by atoms with van der Waals surface area (Å²) < 4.78 is 0. The van der Waals surface area contributed by atoms with Crippen LogP contribution in [0.3, 0.4) is 0 Å². The fraction of sp³-hybridized carbons (Fsp3) is 0.464. The summed E-state index contributed by atoms with van der Waals surface area (Å²) in [5.41, 5.74) is 8.43. The van der Waals surface area contributed by atoms with Crippen molar-refractivity contribution >= 4 is 23.3 Å². The largest absolute Gasteiger partial charge is 0.398 e. The van der Waals surface area contributed by atoms with Crippen molar-refractivity contribution in [3.05, 3.63) is 65.2 Å². The summed E-state index contributed by atoms with van der Waals surface area (Å²) in [5.74, 6) is 1.16. The smallest absolute Gasteiger partial charge is 0.226 e. The fourth-order valence-corrected chi connectivity index (χ4v) is 7.20. The number of ketones is 1. The Labute approximate surface area is 200 Å². The third-order valence-corrected chi connectivity index (χ3v) is 8.12. The van der Waals surface area contributed by atoms with Crippen LogP contribution in [-0.2, 0) is 22.6 Å². The zero-order chi connectivity index (χ0) is 23.9. The molecule has 0 radical (unpaired) electrons. The number of Topliss-reactive ketones (excluding diaryl/α,β-unsaturated/α-hetero) is 1. The number of nitrogen functional groups attached to an aromatic ring is 1. The van der Waals surface area contributed by atoms with E-state index in [9.17, 15) is 14.4 Å². The number of para-hydroxylation sites is 1. The maximum absolute atomic E-state index is 13.4. The van der Waals surface area contributed by atoms with Gasteiger partial charge in [0.1, 0.15) is 0 Å². The molecular weight excluding hydrogens is 426 g/mol. The Balaban J connectivity index is 1.22. The van der Waals surface area contributed by atoms with Gasteiger partial charge in [0.15, 0.2) is 5.78 Å². The first-order chi connectivity index (χ1) is 16.3. The molecular formula is C28H33N3O3. The van der Waals surface area contributed by atoms with E-state index in [0.29, 0.717) is 29.6 Å². The molecule has 4 fully saturated rings. The summed E-state index contributed by atoms with van der Waals surface area (Å²) >= 11 is 0. The lowest BCUT2D eigenvalue weighted by atomic mass is 9.46. The van der Waals surface area contributed by atoms with Crippen LogP contribution in [0, 0.1) is 17.3 Å². The van der Waals surface area contributed by atoms with Gasteiger partial charge in [0.2, 0.25) is 11.8 Å². The molecule has 6 heteroatoms. The number of nitrogens with one attached hydrogen (secondary N) is 2. The van der Waals surface area contributed by atoms with Crippen molar-refractivity contribution in [3.8, 4) is 0 Å². The van der Waals surface area contributed by atoms with Crippen molar-refractivity contribution in [2.45, 2.75) is 64.0 Å². The molecule has 2 atom stereocenters. The Morgan fingerprint density at radius 2 is 1.65 bits per heavy atom. The van der Waals surface area contributed by atoms with Crippen LogP contribution in [0.2, 0.25) is 0 Å². The number of hydrogen-bond donors (Lipinski definition) is 3. The van der Waals surface area contributed by atoms with Crippen LogP contribution in [0.5, 0.6) is 0 Å². The Kier molecular flexibility index (Phi) is 5.70. The minimum atomic E-state index is -0.377. The number of rotatable bonds is 7. The van der Waals surface area contributed by atoms with Crippen molar-refractivity contribution in [3.63, 3.8) is 0 Å². The molecule has 6 nitrogen and oxygen atoms in total. The second-order valence-electron chi connectivity index (χ2n) is 10.9. The predicted octanol–water partition coefficient (Wildman–Crippen LogP) is 3.79. The van der Waals surface area contributed by atoms with E-state index in [1.807, 2.05) is 42.5 Å². The monoisotopic (exact) mass is 459 g/mol. The Bertz CT molecular complexity index is 1110. The quantitative estimate of drug-likeness (QED) is 0.433. The zero-order valence-electron chi connectivity index (χ0n) is 19.7. The highest BCUT2D eigenvalue weighted by Crippen LogP contribution is 2.61. The van der Waals surface area contributed by atoms with E-state index < -0.39 is 0 Å². The third kappa shape index (κ3) is 4.33. The van der Waals surface area contributed by atoms with Crippen molar-refractivity contribution in [1.82, 2.24) is 10.6 Å². The van der Waals surface area contributed by atoms with Crippen LogP contribution in [0.4, 0.5) is 5.69 Å². The topological polar surface area (TPSA) is 101 Å². The predicted molar refractivity (Wildman–Crippen MR) is 131 cm³/mol. The van der Waals surface area contributed by atoms with Gasteiger partial charge in [0.05, 0.1) is 5.41 Å². The SMILES string of the molecule is CC(=O)NC12CC3CC(C1)CC(C(=O)NCc1ccc(C(=O)Cc4ccccc4N)cc1)(C3)C2. The van der Waals surface area contributed by atoms with Gasteiger partial charge in [-0.1, -0.05) is 42.5 Å². The molecule has 0 aliphatic heterocycles. The Morgan fingerprint density at radius 1 is 0.971 bits per heavy atom. The summed E-state index contributed by atoms with van der Waals surface area (Å²) in [6, 6.07) is 14.9. The number of amides is 2. The normalized spacial score (nSPS) is 29.0. The molecule has 6 rings (SSSR count). The number of carbonyl (C=O) groups is 3. The first-order valence-corrected chi connectivity index (χ1v) is 12.3. The van der Waals surface area contributed by atoms with Crippen LogP contribution in [0.15, 0.2) is 48.5 Å². The maximum Gasteiger partial charge on any atom is 0.226 e. The van der Waals surface area contributed by atoms with Gasteiger partial charge in [-0.15, -0.1) is 0 Å². The number of nitrogens with two attached hydrogens (primary N) is 1. The molecule has 178 valence electrons. The summed E-state index contributed by atoms with van der Waals surface area (Å²) in [4.78, 5) is 37.9. The highest BCUT2D eigenvalue weighted by molar-refractivity contribution is 5.98. The first-order valence-electron chi connectivity index (χ1n) is 12.3. The van der Waals surface area contributed by atoms with E-state index in [2.05, 4.69) is 10.6 Å². The first kappa shape index (κ1) is 22.6. The second kappa shape index (κ2) is 8.57. The molecule has 4 saturated carbocycles. The molecule has 4 aliphatic rings. The highest BCUT2D eigenvalue weighted by atomic mass is 16.2. The minimum absolute atomic E-state index is 0.00194. The standard InChI is InChI=1S/C28H33N3O3/c1-18(32)31-28-14-20-10-21(15-28)13-27(12-20,17-28)26(34)30-16-19-6-8-22(9-7-19)25(33)11-23-4-2-3-5-24(23)29/h2-9,20-21H,10-17,29H2,1H3,(H,30,34)(H,31,32). The molecule has 4 aliphatic carbocycles. The average Bonchev–Trinajstić information content (AvgIpc) is 2.77. The summed E-state index contributed by atoms with van der Waals surface area (Å²) in [5, 5.41) is 6.39. The van der Waals surface area contributed by atoms with Crippen molar-refractivity contribution < 1.29 is 14.4 Å². The molecule has 0 saturated heterocycles. The molecule has 2 amide bonds. The highest BCUT2D eigenvalue weighted by Gasteiger charge is 2.60.